The van der Waals surface area contributed by atoms with Gasteiger partial charge in [0.15, 0.2) is 0 Å². The van der Waals surface area contributed by atoms with Crippen molar-refractivity contribution in [2.45, 2.75) is 6.92 Å². The van der Waals surface area contributed by atoms with Crippen molar-refractivity contribution in [3.05, 3.63) is 33.9 Å². The topological polar surface area (TPSA) is 64.4 Å². The van der Waals surface area contributed by atoms with E-state index in [-0.39, 0.29) is 11.6 Å². The Bertz CT molecular complexity index is 441. The molecule has 1 N–H and O–H groups in total. The van der Waals surface area contributed by atoms with Crippen molar-refractivity contribution in [2.75, 3.05) is 25.6 Å². The summed E-state index contributed by atoms with van der Waals surface area (Å²) in [5.74, 6) is -2.00. The summed E-state index contributed by atoms with van der Waals surface area (Å²) in [5, 5.41) is 13.4. The van der Waals surface area contributed by atoms with Gasteiger partial charge < -0.3 is 10.1 Å². The lowest BCUT2D eigenvalue weighted by Crippen LogP contribution is -2.16. The second-order valence-electron chi connectivity index (χ2n) is 3.98. The van der Waals surface area contributed by atoms with E-state index in [0.717, 1.165) is 6.07 Å². The predicted octanol–water partition coefficient (Wildman–Crippen LogP) is 2.57. The van der Waals surface area contributed by atoms with Gasteiger partial charge in [-0.15, -0.1) is 0 Å². The summed E-state index contributed by atoms with van der Waals surface area (Å²) in [6.45, 7) is 2.61. The van der Waals surface area contributed by atoms with Gasteiger partial charge >= 0.3 is 5.69 Å². The number of hydrogen-bond acceptors (Lipinski definition) is 4. The molecule has 100 valence electrons. The fraction of sp³-hybridized carbons (Fsp3) is 0.455. The van der Waals surface area contributed by atoms with Crippen LogP contribution in [0.3, 0.4) is 0 Å². The van der Waals surface area contributed by atoms with Crippen molar-refractivity contribution in [2.24, 2.45) is 5.92 Å². The molecule has 1 atom stereocenters. The summed E-state index contributed by atoms with van der Waals surface area (Å²) < 4.78 is 31.2. The minimum atomic E-state index is -1.19. The standard InChI is InChI=1S/C11H14F2N2O3/c1-7(6-18-2)5-14-10-4-8(12)3-9(13)11(10)15(16)17/h3-4,7,14H,5-6H2,1-2H3. The molecule has 0 aliphatic heterocycles. The summed E-state index contributed by atoms with van der Waals surface area (Å²) >= 11 is 0. The molecule has 0 bridgehead atoms. The Balaban J connectivity index is 2.90. The fourth-order valence-electron chi connectivity index (χ4n) is 1.51. The molecule has 0 aliphatic carbocycles. The molecule has 1 aromatic carbocycles. The second kappa shape index (κ2) is 6.25. The molecule has 0 saturated heterocycles. The van der Waals surface area contributed by atoms with Gasteiger partial charge in [-0.2, -0.15) is 4.39 Å². The molecule has 5 nitrogen and oxygen atoms in total. The number of halogens is 2. The van der Waals surface area contributed by atoms with Crippen LogP contribution in [0.25, 0.3) is 0 Å². The molecule has 0 saturated carbocycles. The lowest BCUT2D eigenvalue weighted by molar-refractivity contribution is -0.386. The van der Waals surface area contributed by atoms with E-state index in [4.69, 9.17) is 4.74 Å². The Labute approximate surface area is 103 Å². The number of nitrogens with one attached hydrogen (secondary N) is 1. The van der Waals surface area contributed by atoms with Gasteiger partial charge in [0.2, 0.25) is 5.82 Å². The Kier molecular flexibility index (Phi) is 4.96. The van der Waals surface area contributed by atoms with Crippen LogP contribution in [0.5, 0.6) is 0 Å². The average molecular weight is 260 g/mol. The monoisotopic (exact) mass is 260 g/mol. The number of benzene rings is 1. The molecular weight excluding hydrogens is 246 g/mol. The van der Waals surface area contributed by atoms with Crippen LogP contribution in [0.2, 0.25) is 0 Å². The molecule has 18 heavy (non-hydrogen) atoms. The first-order chi connectivity index (χ1) is 8.45. The van der Waals surface area contributed by atoms with Crippen LogP contribution in [0.4, 0.5) is 20.2 Å². The zero-order valence-electron chi connectivity index (χ0n) is 10.1. The quantitative estimate of drug-likeness (QED) is 0.630. The molecule has 0 amide bonds. The number of hydrogen-bond donors (Lipinski definition) is 1. The van der Waals surface area contributed by atoms with E-state index in [9.17, 15) is 18.9 Å². The Morgan fingerprint density at radius 2 is 2.17 bits per heavy atom. The van der Waals surface area contributed by atoms with Gasteiger partial charge in [-0.05, 0) is 5.92 Å². The zero-order chi connectivity index (χ0) is 13.7. The van der Waals surface area contributed by atoms with Crippen molar-refractivity contribution < 1.29 is 18.4 Å². The van der Waals surface area contributed by atoms with E-state index in [0.29, 0.717) is 19.2 Å². The van der Waals surface area contributed by atoms with Crippen LogP contribution in [-0.4, -0.2) is 25.2 Å². The lowest BCUT2D eigenvalue weighted by Gasteiger charge is -2.12. The Hall–Kier alpha value is -1.76. The molecule has 0 radical (unpaired) electrons. The maximum Gasteiger partial charge on any atom is 0.327 e. The van der Waals surface area contributed by atoms with Gasteiger partial charge in [0.25, 0.3) is 0 Å². The first kappa shape index (κ1) is 14.3. The highest BCUT2D eigenvalue weighted by Gasteiger charge is 2.22. The molecule has 1 unspecified atom stereocenters. The minimum Gasteiger partial charge on any atom is -0.384 e. The van der Waals surface area contributed by atoms with Crippen LogP contribution in [0, 0.1) is 27.7 Å². The highest BCUT2D eigenvalue weighted by molar-refractivity contribution is 5.62. The van der Waals surface area contributed by atoms with Crippen LogP contribution < -0.4 is 5.32 Å². The second-order valence-corrected chi connectivity index (χ2v) is 3.98. The first-order valence-corrected chi connectivity index (χ1v) is 5.32. The van der Waals surface area contributed by atoms with Gasteiger partial charge in [0.1, 0.15) is 11.5 Å². The van der Waals surface area contributed by atoms with Crippen molar-refractivity contribution in [3.63, 3.8) is 0 Å². The molecule has 0 aromatic heterocycles. The van der Waals surface area contributed by atoms with Crippen molar-refractivity contribution >= 4 is 11.4 Å². The summed E-state index contributed by atoms with van der Waals surface area (Å²) in [4.78, 5) is 9.83. The van der Waals surface area contributed by atoms with E-state index in [1.807, 2.05) is 6.92 Å². The summed E-state index contributed by atoms with van der Waals surface area (Å²) in [5.41, 5.74) is -0.915. The van der Waals surface area contributed by atoms with Crippen molar-refractivity contribution in [1.82, 2.24) is 0 Å². The van der Waals surface area contributed by atoms with Gasteiger partial charge in [0.05, 0.1) is 11.5 Å². The van der Waals surface area contributed by atoms with Gasteiger partial charge in [-0.3, -0.25) is 10.1 Å². The largest absolute Gasteiger partial charge is 0.384 e. The van der Waals surface area contributed by atoms with Crippen LogP contribution >= 0.6 is 0 Å². The number of ether oxygens (including phenoxy) is 1. The molecule has 1 rings (SSSR count). The first-order valence-electron chi connectivity index (χ1n) is 5.32. The van der Waals surface area contributed by atoms with Gasteiger partial charge in [-0.1, -0.05) is 6.92 Å². The summed E-state index contributed by atoms with van der Waals surface area (Å²) in [6.07, 6.45) is 0. The molecule has 0 spiro atoms. The smallest absolute Gasteiger partial charge is 0.327 e. The van der Waals surface area contributed by atoms with E-state index in [2.05, 4.69) is 5.32 Å². The number of anilines is 1. The van der Waals surface area contributed by atoms with E-state index in [1.54, 1.807) is 0 Å². The Morgan fingerprint density at radius 1 is 1.50 bits per heavy atom. The van der Waals surface area contributed by atoms with Crippen LogP contribution in [-0.2, 0) is 4.74 Å². The normalized spacial score (nSPS) is 12.2. The maximum atomic E-state index is 13.3. The van der Waals surface area contributed by atoms with E-state index < -0.39 is 22.2 Å². The maximum absolute atomic E-state index is 13.3. The highest BCUT2D eigenvalue weighted by Crippen LogP contribution is 2.28. The molecular formula is C11H14F2N2O3. The number of nitro benzene ring substituents is 1. The lowest BCUT2D eigenvalue weighted by atomic mass is 10.2. The molecule has 0 heterocycles. The van der Waals surface area contributed by atoms with Crippen LogP contribution in [0.15, 0.2) is 12.1 Å². The van der Waals surface area contributed by atoms with E-state index >= 15 is 0 Å². The fourth-order valence-corrected chi connectivity index (χ4v) is 1.51. The zero-order valence-corrected chi connectivity index (χ0v) is 10.1. The summed E-state index contributed by atoms with van der Waals surface area (Å²) in [7, 11) is 1.53. The molecule has 1 aromatic rings. The molecule has 0 aliphatic rings. The SMILES string of the molecule is COCC(C)CNc1cc(F)cc(F)c1[N+](=O)[O-]. The third-order valence-electron chi connectivity index (χ3n) is 2.30. The van der Waals surface area contributed by atoms with Crippen LogP contribution in [0.1, 0.15) is 6.92 Å². The summed E-state index contributed by atoms with van der Waals surface area (Å²) in [6, 6.07) is 1.39. The van der Waals surface area contributed by atoms with Gasteiger partial charge in [0, 0.05) is 25.8 Å². The number of methoxy groups -OCH3 is 1. The van der Waals surface area contributed by atoms with Crippen molar-refractivity contribution in [3.8, 4) is 0 Å². The van der Waals surface area contributed by atoms with Crippen molar-refractivity contribution in [1.29, 1.82) is 0 Å². The minimum absolute atomic E-state index is 0.0564. The average Bonchev–Trinajstić information content (AvgIpc) is 2.25. The number of nitro groups is 1. The molecule has 0 fully saturated rings. The Morgan fingerprint density at radius 3 is 2.72 bits per heavy atom. The van der Waals surface area contributed by atoms with Gasteiger partial charge in [-0.25, -0.2) is 4.39 Å². The third kappa shape index (κ3) is 3.63. The molecule has 7 heteroatoms. The van der Waals surface area contributed by atoms with E-state index in [1.165, 1.54) is 7.11 Å². The third-order valence-corrected chi connectivity index (χ3v) is 2.30. The number of nitrogens with zero attached hydrogens (tertiary/aromatic N) is 1. The number of rotatable bonds is 6. The predicted molar refractivity (Wildman–Crippen MR) is 62.5 cm³/mol. The highest BCUT2D eigenvalue weighted by atomic mass is 19.1.